The molecule has 1 N–H and O–H groups in total. The summed E-state index contributed by atoms with van der Waals surface area (Å²) >= 11 is 1.84. The first-order valence-electron chi connectivity index (χ1n) is 6.37. The lowest BCUT2D eigenvalue weighted by Gasteiger charge is -2.29. The van der Waals surface area contributed by atoms with Gasteiger partial charge in [0, 0.05) is 31.7 Å². The largest absolute Gasteiger partial charge is 0.382 e. The maximum Gasteiger partial charge on any atom is 0.246 e. The van der Waals surface area contributed by atoms with Crippen molar-refractivity contribution >= 4 is 23.6 Å². The van der Waals surface area contributed by atoms with Gasteiger partial charge in [0.05, 0.1) is 13.2 Å². The SMILES string of the molecule is COCCOCC(=O)NC(C)C(=O)N1CCSCC1. The molecule has 110 valence electrons. The monoisotopic (exact) mass is 290 g/mol. The predicted molar refractivity (Wildman–Crippen MR) is 74.2 cm³/mol. The zero-order valence-electron chi connectivity index (χ0n) is 11.5. The highest BCUT2D eigenvalue weighted by Gasteiger charge is 2.23. The number of methoxy groups -OCH3 is 1. The molecule has 1 saturated heterocycles. The van der Waals surface area contributed by atoms with E-state index in [2.05, 4.69) is 5.32 Å². The zero-order valence-corrected chi connectivity index (χ0v) is 12.3. The average Bonchev–Trinajstić information content (AvgIpc) is 2.43. The van der Waals surface area contributed by atoms with Gasteiger partial charge in [-0.2, -0.15) is 11.8 Å². The molecule has 19 heavy (non-hydrogen) atoms. The van der Waals surface area contributed by atoms with Gasteiger partial charge in [-0.3, -0.25) is 9.59 Å². The van der Waals surface area contributed by atoms with Gasteiger partial charge in [0.2, 0.25) is 11.8 Å². The first-order chi connectivity index (χ1) is 9.15. The molecule has 1 aliphatic rings. The number of carbonyl (C=O) groups is 2. The summed E-state index contributed by atoms with van der Waals surface area (Å²) < 4.78 is 9.90. The summed E-state index contributed by atoms with van der Waals surface area (Å²) in [6.07, 6.45) is 0. The zero-order chi connectivity index (χ0) is 14.1. The van der Waals surface area contributed by atoms with E-state index in [9.17, 15) is 9.59 Å². The second-order valence-corrected chi connectivity index (χ2v) is 5.50. The van der Waals surface area contributed by atoms with E-state index in [1.54, 1.807) is 18.9 Å². The fraction of sp³-hybridized carbons (Fsp3) is 0.833. The van der Waals surface area contributed by atoms with Gasteiger partial charge in [-0.25, -0.2) is 0 Å². The van der Waals surface area contributed by atoms with E-state index in [1.807, 2.05) is 11.8 Å². The van der Waals surface area contributed by atoms with Crippen LogP contribution >= 0.6 is 11.8 Å². The Labute approximate surface area is 118 Å². The first-order valence-corrected chi connectivity index (χ1v) is 7.53. The van der Waals surface area contributed by atoms with Crippen LogP contribution in [0.15, 0.2) is 0 Å². The molecule has 1 unspecified atom stereocenters. The summed E-state index contributed by atoms with van der Waals surface area (Å²) in [5, 5.41) is 2.65. The van der Waals surface area contributed by atoms with Gasteiger partial charge < -0.3 is 19.7 Å². The standard InChI is InChI=1S/C12H22N2O4S/c1-10(12(16)14-3-7-19-8-4-14)13-11(15)9-18-6-5-17-2/h10H,3-9H2,1-2H3,(H,13,15). The lowest BCUT2D eigenvalue weighted by atomic mass is 10.2. The molecule has 0 aliphatic carbocycles. The Morgan fingerprint density at radius 3 is 2.63 bits per heavy atom. The number of carbonyl (C=O) groups excluding carboxylic acids is 2. The second kappa shape index (κ2) is 9.17. The van der Waals surface area contributed by atoms with Crippen LogP contribution in [-0.2, 0) is 19.1 Å². The van der Waals surface area contributed by atoms with Crippen molar-refractivity contribution in [3.8, 4) is 0 Å². The molecule has 0 spiro atoms. The van der Waals surface area contributed by atoms with Gasteiger partial charge in [-0.1, -0.05) is 0 Å². The Kier molecular flexibility index (Phi) is 7.85. The maximum absolute atomic E-state index is 12.1. The smallest absolute Gasteiger partial charge is 0.246 e. The molecular weight excluding hydrogens is 268 g/mol. The molecule has 0 bridgehead atoms. The lowest BCUT2D eigenvalue weighted by Crippen LogP contribution is -2.50. The highest BCUT2D eigenvalue weighted by atomic mass is 32.2. The molecule has 1 fully saturated rings. The minimum Gasteiger partial charge on any atom is -0.382 e. The Morgan fingerprint density at radius 2 is 2.00 bits per heavy atom. The molecule has 6 nitrogen and oxygen atoms in total. The highest BCUT2D eigenvalue weighted by molar-refractivity contribution is 7.99. The van der Waals surface area contributed by atoms with E-state index in [4.69, 9.17) is 9.47 Å². The van der Waals surface area contributed by atoms with Gasteiger partial charge in [-0.05, 0) is 6.92 Å². The van der Waals surface area contributed by atoms with E-state index >= 15 is 0 Å². The van der Waals surface area contributed by atoms with Crippen LogP contribution in [0.1, 0.15) is 6.92 Å². The van der Waals surface area contributed by atoms with Crippen molar-refractivity contribution in [1.82, 2.24) is 10.2 Å². The van der Waals surface area contributed by atoms with Crippen molar-refractivity contribution in [3.63, 3.8) is 0 Å². The van der Waals surface area contributed by atoms with Crippen molar-refractivity contribution in [3.05, 3.63) is 0 Å². The van der Waals surface area contributed by atoms with E-state index in [1.165, 1.54) is 0 Å². The van der Waals surface area contributed by atoms with Crippen molar-refractivity contribution in [2.75, 3.05) is 51.5 Å². The fourth-order valence-electron chi connectivity index (χ4n) is 1.71. The van der Waals surface area contributed by atoms with Gasteiger partial charge in [0.15, 0.2) is 0 Å². The molecule has 0 radical (unpaired) electrons. The van der Waals surface area contributed by atoms with E-state index in [0.717, 1.165) is 24.6 Å². The molecule has 0 aromatic carbocycles. The maximum atomic E-state index is 12.1. The van der Waals surface area contributed by atoms with Crippen LogP contribution in [0.4, 0.5) is 0 Å². The molecule has 1 heterocycles. The molecule has 0 aromatic rings. The van der Waals surface area contributed by atoms with Crippen LogP contribution in [0.3, 0.4) is 0 Å². The molecular formula is C12H22N2O4S. The number of rotatable bonds is 7. The third-order valence-corrected chi connectivity index (χ3v) is 3.68. The molecule has 1 atom stereocenters. The first kappa shape index (κ1) is 16.3. The minimum atomic E-state index is -0.498. The number of hydrogen-bond donors (Lipinski definition) is 1. The summed E-state index contributed by atoms with van der Waals surface area (Å²) in [7, 11) is 1.57. The van der Waals surface area contributed by atoms with Crippen LogP contribution in [0.2, 0.25) is 0 Å². The fourth-order valence-corrected chi connectivity index (χ4v) is 2.61. The number of ether oxygens (including phenoxy) is 2. The number of amides is 2. The Morgan fingerprint density at radius 1 is 1.32 bits per heavy atom. The lowest BCUT2D eigenvalue weighted by molar-refractivity contribution is -0.137. The number of thioether (sulfide) groups is 1. The highest BCUT2D eigenvalue weighted by Crippen LogP contribution is 2.10. The molecule has 7 heteroatoms. The summed E-state index contributed by atoms with van der Waals surface area (Å²) in [6, 6.07) is -0.498. The summed E-state index contributed by atoms with van der Waals surface area (Å²) in [5.74, 6) is 1.63. The van der Waals surface area contributed by atoms with Crippen LogP contribution in [0, 0.1) is 0 Å². The third kappa shape index (κ3) is 6.26. The van der Waals surface area contributed by atoms with E-state index in [0.29, 0.717) is 13.2 Å². The molecule has 0 saturated carbocycles. The van der Waals surface area contributed by atoms with Crippen LogP contribution in [-0.4, -0.2) is 74.3 Å². The summed E-state index contributed by atoms with van der Waals surface area (Å²) in [4.78, 5) is 25.4. The second-order valence-electron chi connectivity index (χ2n) is 4.27. The Balaban J connectivity index is 2.22. The summed E-state index contributed by atoms with van der Waals surface area (Å²) in [6.45, 7) is 4.00. The molecule has 1 aliphatic heterocycles. The number of nitrogens with zero attached hydrogens (tertiary/aromatic N) is 1. The topological polar surface area (TPSA) is 67.9 Å². The van der Waals surface area contributed by atoms with Crippen LogP contribution in [0.25, 0.3) is 0 Å². The van der Waals surface area contributed by atoms with Gasteiger partial charge >= 0.3 is 0 Å². The van der Waals surface area contributed by atoms with Crippen molar-refractivity contribution in [1.29, 1.82) is 0 Å². The van der Waals surface area contributed by atoms with Gasteiger partial charge in [-0.15, -0.1) is 0 Å². The normalized spacial score (nSPS) is 17.1. The molecule has 2 amide bonds. The van der Waals surface area contributed by atoms with Crippen molar-refractivity contribution < 1.29 is 19.1 Å². The van der Waals surface area contributed by atoms with E-state index in [-0.39, 0.29) is 18.4 Å². The van der Waals surface area contributed by atoms with Crippen LogP contribution < -0.4 is 5.32 Å². The summed E-state index contributed by atoms with van der Waals surface area (Å²) in [5.41, 5.74) is 0. The third-order valence-electron chi connectivity index (χ3n) is 2.74. The quantitative estimate of drug-likeness (QED) is 0.654. The Hall–Kier alpha value is -0.790. The van der Waals surface area contributed by atoms with Gasteiger partial charge in [0.25, 0.3) is 0 Å². The van der Waals surface area contributed by atoms with Gasteiger partial charge in [0.1, 0.15) is 12.6 Å². The molecule has 1 rings (SSSR count). The average molecular weight is 290 g/mol. The minimum absolute atomic E-state index is 0.0226. The van der Waals surface area contributed by atoms with Crippen molar-refractivity contribution in [2.45, 2.75) is 13.0 Å². The van der Waals surface area contributed by atoms with Crippen LogP contribution in [0.5, 0.6) is 0 Å². The number of nitrogens with one attached hydrogen (secondary N) is 1. The van der Waals surface area contributed by atoms with E-state index < -0.39 is 6.04 Å². The number of hydrogen-bond acceptors (Lipinski definition) is 5. The van der Waals surface area contributed by atoms with Crippen molar-refractivity contribution in [2.24, 2.45) is 0 Å². The molecule has 0 aromatic heterocycles. The Bertz CT molecular complexity index is 295. The predicted octanol–water partition coefficient (Wildman–Crippen LogP) is -0.270.